The van der Waals surface area contributed by atoms with Gasteiger partial charge in [0.05, 0.1) is 11.4 Å². The highest BCUT2D eigenvalue weighted by Crippen LogP contribution is 2.31. The average molecular weight is 350 g/mol. The van der Waals surface area contributed by atoms with Gasteiger partial charge in [0, 0.05) is 22.2 Å². The number of nitrogens with two attached hydrogens (primary N) is 1. The molecule has 0 aliphatic carbocycles. The van der Waals surface area contributed by atoms with Crippen LogP contribution in [0.4, 0.5) is 5.82 Å². The molecular formula is C19H16ClN5. The fourth-order valence-corrected chi connectivity index (χ4v) is 3.06. The second-order valence-corrected chi connectivity index (χ2v) is 6.18. The molecule has 3 N–H and O–H groups in total. The van der Waals surface area contributed by atoms with Gasteiger partial charge in [0.2, 0.25) is 0 Å². The minimum atomic E-state index is 0.673. The largest absolute Gasteiger partial charge is 0.308 e. The summed E-state index contributed by atoms with van der Waals surface area (Å²) in [6.45, 7) is 1.96. The van der Waals surface area contributed by atoms with Crippen molar-refractivity contribution in [2.75, 3.05) is 5.43 Å². The van der Waals surface area contributed by atoms with Gasteiger partial charge in [-0.25, -0.2) is 10.8 Å². The number of fused-ring (bicyclic) bond motifs is 1. The first-order chi connectivity index (χ1) is 12.2. The lowest BCUT2D eigenvalue weighted by Gasteiger charge is -2.08. The Morgan fingerprint density at radius 1 is 1.00 bits per heavy atom. The van der Waals surface area contributed by atoms with Gasteiger partial charge in [-0.2, -0.15) is 9.61 Å². The first-order valence-electron chi connectivity index (χ1n) is 7.86. The second kappa shape index (κ2) is 6.20. The molecule has 0 bridgehead atoms. The number of nitrogens with zero attached hydrogens (tertiary/aromatic N) is 3. The average Bonchev–Trinajstić information content (AvgIpc) is 2.98. The summed E-state index contributed by atoms with van der Waals surface area (Å²) in [7, 11) is 0. The Morgan fingerprint density at radius 3 is 2.40 bits per heavy atom. The third-order valence-electron chi connectivity index (χ3n) is 4.11. The molecule has 6 heteroatoms. The molecule has 2 heterocycles. The first-order valence-corrected chi connectivity index (χ1v) is 8.23. The fourth-order valence-electron chi connectivity index (χ4n) is 2.94. The van der Waals surface area contributed by atoms with Crippen LogP contribution in [0.5, 0.6) is 0 Å². The number of aromatic nitrogens is 3. The van der Waals surface area contributed by atoms with E-state index >= 15 is 0 Å². The van der Waals surface area contributed by atoms with Crippen molar-refractivity contribution in [3.8, 4) is 22.4 Å². The smallest absolute Gasteiger partial charge is 0.166 e. The quantitative estimate of drug-likeness (QED) is 0.427. The lowest BCUT2D eigenvalue weighted by molar-refractivity contribution is 0.916. The molecule has 0 radical (unpaired) electrons. The molecule has 0 atom stereocenters. The number of aryl methyl sites for hydroxylation is 1. The van der Waals surface area contributed by atoms with Crippen LogP contribution in [0.25, 0.3) is 28.0 Å². The number of hydrogen-bond acceptors (Lipinski definition) is 4. The Hall–Kier alpha value is -2.89. The van der Waals surface area contributed by atoms with Crippen LogP contribution in [-0.4, -0.2) is 14.6 Å². The molecule has 4 aromatic rings. The van der Waals surface area contributed by atoms with Gasteiger partial charge in [-0.3, -0.25) is 0 Å². The minimum Gasteiger partial charge on any atom is -0.308 e. The monoisotopic (exact) mass is 349 g/mol. The molecule has 0 aliphatic rings. The summed E-state index contributed by atoms with van der Waals surface area (Å²) in [5.41, 5.74) is 8.16. The van der Waals surface area contributed by atoms with Crippen molar-refractivity contribution in [3.05, 3.63) is 71.4 Å². The third-order valence-corrected chi connectivity index (χ3v) is 4.37. The first kappa shape index (κ1) is 15.6. The number of benzene rings is 2. The van der Waals surface area contributed by atoms with Crippen LogP contribution in [-0.2, 0) is 0 Å². The van der Waals surface area contributed by atoms with Crippen molar-refractivity contribution >= 4 is 23.1 Å². The Balaban J connectivity index is 2.01. The van der Waals surface area contributed by atoms with E-state index in [1.54, 1.807) is 4.52 Å². The maximum Gasteiger partial charge on any atom is 0.166 e. The summed E-state index contributed by atoms with van der Waals surface area (Å²) in [5, 5.41) is 5.29. The van der Waals surface area contributed by atoms with E-state index in [1.807, 2.05) is 67.6 Å². The fraction of sp³-hybridized carbons (Fsp3) is 0.0526. The van der Waals surface area contributed by atoms with Crippen LogP contribution < -0.4 is 11.3 Å². The zero-order chi connectivity index (χ0) is 17.4. The Bertz CT molecular complexity index is 1040. The second-order valence-electron chi connectivity index (χ2n) is 5.74. The highest BCUT2D eigenvalue weighted by molar-refractivity contribution is 6.30. The number of anilines is 1. The molecule has 25 heavy (non-hydrogen) atoms. The van der Waals surface area contributed by atoms with Gasteiger partial charge in [0.1, 0.15) is 5.82 Å². The van der Waals surface area contributed by atoms with Gasteiger partial charge in [-0.15, -0.1) is 0 Å². The molecule has 0 saturated heterocycles. The maximum atomic E-state index is 6.02. The van der Waals surface area contributed by atoms with Gasteiger partial charge < -0.3 is 5.43 Å². The molecule has 5 nitrogen and oxygen atoms in total. The predicted molar refractivity (Wildman–Crippen MR) is 101 cm³/mol. The summed E-state index contributed by atoms with van der Waals surface area (Å²) in [5.74, 6) is 6.40. The number of nitrogens with one attached hydrogen (secondary N) is 1. The number of nitrogen functional groups attached to an aromatic ring is 1. The summed E-state index contributed by atoms with van der Waals surface area (Å²) in [6, 6.07) is 19.5. The van der Waals surface area contributed by atoms with Crippen LogP contribution in [0.2, 0.25) is 5.02 Å². The molecule has 0 aliphatic heterocycles. The topological polar surface area (TPSA) is 68.2 Å². The van der Waals surface area contributed by atoms with Crippen LogP contribution in [0.3, 0.4) is 0 Å². The molecule has 2 aromatic carbocycles. The number of rotatable bonds is 3. The molecule has 0 saturated carbocycles. The zero-order valence-electron chi connectivity index (χ0n) is 13.6. The van der Waals surface area contributed by atoms with Crippen molar-refractivity contribution in [3.63, 3.8) is 0 Å². The molecule has 0 amide bonds. The Labute approximate surface area is 150 Å². The molecule has 2 aromatic heterocycles. The van der Waals surface area contributed by atoms with Crippen molar-refractivity contribution in [2.24, 2.45) is 5.84 Å². The van der Waals surface area contributed by atoms with E-state index in [9.17, 15) is 0 Å². The lowest BCUT2D eigenvalue weighted by Crippen LogP contribution is -2.12. The van der Waals surface area contributed by atoms with Gasteiger partial charge >= 0.3 is 0 Å². The molecular weight excluding hydrogens is 334 g/mol. The summed E-state index contributed by atoms with van der Waals surface area (Å²) in [4.78, 5) is 4.85. The molecule has 4 rings (SSSR count). The van der Waals surface area contributed by atoms with Crippen molar-refractivity contribution in [1.82, 2.24) is 14.6 Å². The summed E-state index contributed by atoms with van der Waals surface area (Å²) >= 11 is 6.02. The van der Waals surface area contributed by atoms with Crippen LogP contribution in [0.15, 0.2) is 60.7 Å². The standard InChI is InChI=1S/C19H16ClN5/c1-12-18(14-7-9-15(20)10-8-14)19-22-16(13-5-3-2-4-6-13)11-17(23-21)25(19)24-12/h2-11,23H,21H2,1H3. The van der Waals surface area contributed by atoms with Gasteiger partial charge in [0.25, 0.3) is 0 Å². The highest BCUT2D eigenvalue weighted by Gasteiger charge is 2.17. The predicted octanol–water partition coefficient (Wildman–Crippen LogP) is 4.31. The van der Waals surface area contributed by atoms with E-state index in [4.69, 9.17) is 22.4 Å². The van der Waals surface area contributed by atoms with Crippen LogP contribution in [0, 0.1) is 6.92 Å². The van der Waals surface area contributed by atoms with Crippen molar-refractivity contribution in [2.45, 2.75) is 6.92 Å². The third kappa shape index (κ3) is 2.73. The summed E-state index contributed by atoms with van der Waals surface area (Å²) in [6.07, 6.45) is 0. The van der Waals surface area contributed by atoms with E-state index < -0.39 is 0 Å². The van der Waals surface area contributed by atoms with Crippen molar-refractivity contribution < 1.29 is 0 Å². The normalized spacial score (nSPS) is 11.0. The molecule has 0 fully saturated rings. The summed E-state index contributed by atoms with van der Waals surface area (Å²) < 4.78 is 1.73. The van der Waals surface area contributed by atoms with Crippen LogP contribution in [0.1, 0.15) is 5.69 Å². The van der Waals surface area contributed by atoms with E-state index in [2.05, 4.69) is 10.5 Å². The zero-order valence-corrected chi connectivity index (χ0v) is 14.3. The van der Waals surface area contributed by atoms with E-state index in [1.165, 1.54) is 0 Å². The van der Waals surface area contributed by atoms with Gasteiger partial charge in [-0.05, 0) is 24.6 Å². The van der Waals surface area contributed by atoms with E-state index in [0.29, 0.717) is 10.8 Å². The molecule has 0 unspecified atom stereocenters. The number of hydrogen-bond donors (Lipinski definition) is 2. The van der Waals surface area contributed by atoms with Gasteiger partial charge in [-0.1, -0.05) is 54.1 Å². The van der Waals surface area contributed by atoms with E-state index in [0.717, 1.165) is 33.7 Å². The van der Waals surface area contributed by atoms with Gasteiger partial charge in [0.15, 0.2) is 5.65 Å². The Morgan fingerprint density at radius 2 is 1.72 bits per heavy atom. The lowest BCUT2D eigenvalue weighted by atomic mass is 10.1. The SMILES string of the molecule is Cc1nn2c(NN)cc(-c3ccccc3)nc2c1-c1ccc(Cl)cc1. The Kier molecular flexibility index (Phi) is 3.87. The van der Waals surface area contributed by atoms with Crippen LogP contribution >= 0.6 is 11.6 Å². The number of halogens is 1. The number of hydrazine groups is 1. The molecule has 124 valence electrons. The van der Waals surface area contributed by atoms with E-state index in [-0.39, 0.29) is 0 Å². The molecule has 0 spiro atoms. The minimum absolute atomic E-state index is 0.673. The maximum absolute atomic E-state index is 6.02. The van der Waals surface area contributed by atoms with Crippen molar-refractivity contribution in [1.29, 1.82) is 0 Å². The highest BCUT2D eigenvalue weighted by atomic mass is 35.5.